The zero-order chi connectivity index (χ0) is 6.97. The van der Waals surface area contributed by atoms with Gasteiger partial charge in [0.1, 0.15) is 0 Å². The molecule has 0 aliphatic carbocycles. The molecule has 5 heteroatoms. The Balaban J connectivity index is 2.95. The van der Waals surface area contributed by atoms with Crippen LogP contribution in [0.5, 0.6) is 0 Å². The Hall–Kier alpha value is -0.450. The van der Waals surface area contributed by atoms with Gasteiger partial charge < -0.3 is 0 Å². The first-order valence-electron chi connectivity index (χ1n) is 3.01. The van der Waals surface area contributed by atoms with Crippen LogP contribution in [0.4, 0.5) is 0 Å². The van der Waals surface area contributed by atoms with Crippen molar-refractivity contribution in [2.75, 3.05) is 0 Å². The van der Waals surface area contributed by atoms with E-state index in [-0.39, 0.29) is 0 Å². The van der Waals surface area contributed by atoms with Gasteiger partial charge in [-0.1, -0.05) is 0 Å². The van der Waals surface area contributed by atoms with Crippen LogP contribution >= 0.6 is 0 Å². The average molecular weight is 142 g/mol. The molecule has 2 heterocycles. The van der Waals surface area contributed by atoms with E-state index in [2.05, 4.69) is 15.5 Å². The maximum absolute atomic E-state index is 3.85. The Bertz CT molecular complexity index is 355. The van der Waals surface area contributed by atoms with E-state index in [1.54, 1.807) is 4.52 Å². The van der Waals surface area contributed by atoms with E-state index in [1.165, 1.54) is 2.81 Å². The molecular weight excluding hydrogens is 139 g/mol. The van der Waals surface area contributed by atoms with Crippen molar-refractivity contribution in [3.05, 3.63) is 18.3 Å². The molecule has 0 radical (unpaired) electrons. The van der Waals surface area contributed by atoms with E-state index in [0.29, 0.717) is 0 Å². The minimum absolute atomic E-state index is 0.883. The van der Waals surface area contributed by atoms with Crippen LogP contribution < -0.4 is 2.81 Å². The van der Waals surface area contributed by atoms with Crippen LogP contribution in [0.1, 0.15) is 0 Å². The van der Waals surface area contributed by atoms with Gasteiger partial charge in [-0.25, -0.2) is 0 Å². The zero-order valence-electron chi connectivity index (χ0n) is 5.52. The van der Waals surface area contributed by atoms with Crippen molar-refractivity contribution in [1.29, 1.82) is 0 Å². The van der Waals surface area contributed by atoms with Gasteiger partial charge in [0.25, 0.3) is 0 Å². The molecule has 0 N–H and O–H groups in total. The monoisotopic (exact) mass is 142 g/mol. The number of hydrogen-bond acceptors (Lipinski definition) is 3. The number of fused-ring (bicyclic) bond motifs is 1. The van der Waals surface area contributed by atoms with Gasteiger partial charge in [-0.2, -0.15) is 0 Å². The molecule has 2 aromatic rings. The molecule has 0 amide bonds. The first-order valence-corrected chi connectivity index (χ1v) is 4.01. The van der Waals surface area contributed by atoms with E-state index in [9.17, 15) is 0 Å². The first kappa shape index (κ1) is 6.27. The molecule has 0 atom stereocenters. The number of nitrogens with zero attached hydrogens (tertiary/aromatic N) is 4. The molecule has 0 unspecified atom stereocenters. The molecule has 10 heavy (non-hydrogen) atoms. The van der Waals surface area contributed by atoms with Crippen LogP contribution in [0.15, 0.2) is 18.3 Å². The Kier molecular flexibility index (Phi) is 1.44. The van der Waals surface area contributed by atoms with Gasteiger partial charge in [0, 0.05) is 0 Å². The van der Waals surface area contributed by atoms with Crippen LogP contribution in [0.3, 0.4) is 0 Å². The second-order valence-electron chi connectivity index (χ2n) is 2.14. The standard InChI is InChI=1S/C5H3N4.Na/c1-2-4-9-5(3-1)6-7-8-9;/h1-2,4H;. The van der Waals surface area contributed by atoms with Gasteiger partial charge in [-0.05, 0) is 0 Å². The van der Waals surface area contributed by atoms with Crippen molar-refractivity contribution in [3.63, 3.8) is 0 Å². The Morgan fingerprint density at radius 3 is 3.20 bits per heavy atom. The van der Waals surface area contributed by atoms with Gasteiger partial charge >= 0.3 is 74.8 Å². The molecule has 0 aliphatic heterocycles. The SMILES string of the molecule is [Na][c]1cccn2nnnc12. The fraction of sp³-hybridized carbons (Fsp3) is 0. The summed E-state index contributed by atoms with van der Waals surface area (Å²) in [6.07, 6.45) is 1.84. The summed E-state index contributed by atoms with van der Waals surface area (Å²) in [5.41, 5.74) is 0.883. The molecule has 0 aliphatic rings. The van der Waals surface area contributed by atoms with Gasteiger partial charge in [0.15, 0.2) is 0 Å². The number of tetrazole rings is 1. The van der Waals surface area contributed by atoms with Crippen LogP contribution in [0.25, 0.3) is 5.65 Å². The van der Waals surface area contributed by atoms with Crippen molar-refractivity contribution in [1.82, 2.24) is 20.0 Å². The molecule has 0 saturated carbocycles. The van der Waals surface area contributed by atoms with Crippen LogP contribution in [0, 0.1) is 0 Å². The summed E-state index contributed by atoms with van der Waals surface area (Å²) in [6, 6.07) is 3.99. The van der Waals surface area contributed by atoms with Crippen LogP contribution in [0.2, 0.25) is 0 Å². The fourth-order valence-electron chi connectivity index (χ4n) is 0.897. The molecule has 0 fully saturated rings. The number of hydrogen-bond donors (Lipinski definition) is 0. The second-order valence-corrected chi connectivity index (χ2v) is 3.22. The number of pyridine rings is 1. The van der Waals surface area contributed by atoms with Crippen LogP contribution in [-0.4, -0.2) is 48.0 Å². The normalized spacial score (nSPS) is 10.6. The van der Waals surface area contributed by atoms with Gasteiger partial charge in [-0.15, -0.1) is 0 Å². The third-order valence-corrected chi connectivity index (χ3v) is 2.20. The predicted molar refractivity (Wildman–Crippen MR) is 36.2 cm³/mol. The summed E-state index contributed by atoms with van der Waals surface area (Å²) >= 11 is 0.989. The van der Waals surface area contributed by atoms with Crippen molar-refractivity contribution in [2.45, 2.75) is 0 Å². The van der Waals surface area contributed by atoms with E-state index in [4.69, 9.17) is 0 Å². The molecular formula is C5H3N4Na. The Labute approximate surface area is 74.6 Å². The third kappa shape index (κ3) is 0.847. The maximum atomic E-state index is 3.85. The van der Waals surface area contributed by atoms with Crippen molar-refractivity contribution >= 4 is 36.4 Å². The van der Waals surface area contributed by atoms with E-state index in [0.717, 1.165) is 33.6 Å². The topological polar surface area (TPSA) is 43.1 Å². The van der Waals surface area contributed by atoms with Gasteiger partial charge in [-0.3, -0.25) is 0 Å². The summed E-state index contributed by atoms with van der Waals surface area (Å²) in [6.45, 7) is 0. The quantitative estimate of drug-likeness (QED) is 0.439. The average Bonchev–Trinajstić information content (AvgIpc) is 2.36. The molecule has 4 nitrogen and oxygen atoms in total. The zero-order valence-corrected chi connectivity index (χ0v) is 7.52. The Morgan fingerprint density at radius 2 is 2.40 bits per heavy atom. The predicted octanol–water partition coefficient (Wildman–Crippen LogP) is -1.08. The molecule has 2 rings (SSSR count). The summed E-state index contributed by atoms with van der Waals surface area (Å²) in [4.78, 5) is 0. The molecule has 0 spiro atoms. The summed E-state index contributed by atoms with van der Waals surface area (Å²) in [5, 5.41) is 11.2. The van der Waals surface area contributed by atoms with Crippen molar-refractivity contribution in [3.8, 4) is 0 Å². The minimum atomic E-state index is 0.883. The number of aromatic nitrogens is 4. The van der Waals surface area contributed by atoms with Gasteiger partial charge in [0.2, 0.25) is 0 Å². The first-order chi connectivity index (χ1) is 4.88. The number of rotatable bonds is 0. The molecule has 0 bridgehead atoms. The molecule has 44 valence electrons. The van der Waals surface area contributed by atoms with E-state index < -0.39 is 0 Å². The third-order valence-electron chi connectivity index (χ3n) is 1.42. The van der Waals surface area contributed by atoms with Gasteiger partial charge in [0.05, 0.1) is 0 Å². The summed E-state index contributed by atoms with van der Waals surface area (Å²) in [5.74, 6) is 0. The van der Waals surface area contributed by atoms with Crippen LogP contribution in [-0.2, 0) is 0 Å². The van der Waals surface area contributed by atoms with Crippen molar-refractivity contribution < 1.29 is 0 Å². The van der Waals surface area contributed by atoms with E-state index in [1.807, 2.05) is 18.3 Å². The summed E-state index contributed by atoms with van der Waals surface area (Å²) in [7, 11) is 0. The van der Waals surface area contributed by atoms with E-state index >= 15 is 0 Å². The van der Waals surface area contributed by atoms with Crippen molar-refractivity contribution in [2.24, 2.45) is 0 Å². The molecule has 0 aromatic carbocycles. The summed E-state index contributed by atoms with van der Waals surface area (Å²) < 4.78 is 2.91. The second kappa shape index (κ2) is 2.30. The molecule has 0 saturated heterocycles. The Morgan fingerprint density at radius 1 is 1.50 bits per heavy atom. The fourth-order valence-corrected chi connectivity index (χ4v) is 1.42. The molecule has 2 aromatic heterocycles.